The van der Waals surface area contributed by atoms with Crippen molar-refractivity contribution in [3.8, 4) is 0 Å². The number of ether oxygens (including phenoxy) is 1. The molecule has 2 rings (SSSR count). The number of hydrogen-bond acceptors (Lipinski definition) is 3. The van der Waals surface area contributed by atoms with Crippen molar-refractivity contribution in [2.75, 3.05) is 33.4 Å². The monoisotopic (exact) mass is 240 g/mol. The van der Waals surface area contributed by atoms with Crippen LogP contribution in [-0.2, 0) is 4.74 Å². The van der Waals surface area contributed by atoms with Gasteiger partial charge < -0.3 is 10.1 Å². The molecule has 0 aromatic heterocycles. The summed E-state index contributed by atoms with van der Waals surface area (Å²) in [6.07, 6.45) is 5.53. The average Bonchev–Trinajstić information content (AvgIpc) is 2.73. The molecule has 0 aromatic carbocycles. The Morgan fingerprint density at radius 3 is 2.59 bits per heavy atom. The Bertz CT molecular complexity index is 236. The summed E-state index contributed by atoms with van der Waals surface area (Å²) in [5.41, 5.74) is 0.430. The van der Waals surface area contributed by atoms with E-state index in [0.29, 0.717) is 17.5 Å². The molecule has 1 unspecified atom stereocenters. The predicted molar refractivity (Wildman–Crippen MR) is 71.3 cm³/mol. The molecular formula is C14H28N2O. The van der Waals surface area contributed by atoms with Crippen LogP contribution >= 0.6 is 0 Å². The second-order valence-electron chi connectivity index (χ2n) is 6.15. The van der Waals surface area contributed by atoms with Gasteiger partial charge in [0.15, 0.2) is 0 Å². The van der Waals surface area contributed by atoms with Gasteiger partial charge in [-0.3, -0.25) is 4.90 Å². The van der Waals surface area contributed by atoms with Crippen molar-refractivity contribution in [2.24, 2.45) is 5.92 Å². The minimum Gasteiger partial charge on any atom is -0.383 e. The molecule has 1 atom stereocenters. The lowest BCUT2D eigenvalue weighted by atomic mass is 9.92. The van der Waals surface area contributed by atoms with E-state index in [0.717, 1.165) is 13.2 Å². The first-order valence-electron chi connectivity index (χ1n) is 7.15. The Balaban J connectivity index is 1.99. The van der Waals surface area contributed by atoms with Crippen LogP contribution in [0.2, 0.25) is 0 Å². The van der Waals surface area contributed by atoms with Gasteiger partial charge in [-0.1, -0.05) is 26.7 Å². The Hall–Kier alpha value is -0.120. The highest BCUT2D eigenvalue weighted by Gasteiger charge is 2.39. The number of nitrogens with zero attached hydrogens (tertiary/aromatic N) is 1. The summed E-state index contributed by atoms with van der Waals surface area (Å²) < 4.78 is 5.41. The fourth-order valence-electron chi connectivity index (χ4n) is 3.55. The zero-order valence-corrected chi connectivity index (χ0v) is 11.7. The van der Waals surface area contributed by atoms with E-state index in [1.54, 1.807) is 0 Å². The second-order valence-corrected chi connectivity index (χ2v) is 6.15. The van der Waals surface area contributed by atoms with Gasteiger partial charge in [0.2, 0.25) is 0 Å². The van der Waals surface area contributed by atoms with E-state index >= 15 is 0 Å². The first kappa shape index (κ1) is 13.3. The number of methoxy groups -OCH3 is 1. The predicted octanol–water partition coefficient (Wildman–Crippen LogP) is 1.88. The van der Waals surface area contributed by atoms with E-state index in [1.165, 1.54) is 38.8 Å². The molecule has 1 aliphatic heterocycles. The maximum atomic E-state index is 5.41. The van der Waals surface area contributed by atoms with Crippen LogP contribution in [0.4, 0.5) is 0 Å². The van der Waals surface area contributed by atoms with E-state index in [2.05, 4.69) is 24.1 Å². The van der Waals surface area contributed by atoms with Crippen LogP contribution in [0, 0.1) is 5.92 Å². The molecule has 2 fully saturated rings. The summed E-state index contributed by atoms with van der Waals surface area (Å²) in [4.78, 5) is 2.66. The summed E-state index contributed by atoms with van der Waals surface area (Å²) >= 11 is 0. The van der Waals surface area contributed by atoms with Gasteiger partial charge in [0, 0.05) is 38.3 Å². The molecule has 0 aromatic rings. The zero-order valence-electron chi connectivity index (χ0n) is 11.7. The molecular weight excluding hydrogens is 212 g/mol. The minimum atomic E-state index is 0.430. The SMILES string of the molecule is COCC(C(C)C)N1CCNC2(CCCC2)C1. The third kappa shape index (κ3) is 3.01. The molecule has 1 spiro atoms. The van der Waals surface area contributed by atoms with Gasteiger partial charge in [0.1, 0.15) is 0 Å². The summed E-state index contributed by atoms with van der Waals surface area (Å²) in [5.74, 6) is 0.673. The normalized spacial score (nSPS) is 26.8. The van der Waals surface area contributed by atoms with Gasteiger partial charge >= 0.3 is 0 Å². The highest BCUT2D eigenvalue weighted by atomic mass is 16.5. The maximum absolute atomic E-state index is 5.41. The second kappa shape index (κ2) is 5.68. The quantitative estimate of drug-likeness (QED) is 0.812. The van der Waals surface area contributed by atoms with Crippen molar-refractivity contribution in [3.63, 3.8) is 0 Å². The molecule has 100 valence electrons. The van der Waals surface area contributed by atoms with Gasteiger partial charge in [0.05, 0.1) is 6.61 Å². The Morgan fingerprint density at radius 1 is 1.29 bits per heavy atom. The number of piperazine rings is 1. The molecule has 2 aliphatic rings. The van der Waals surface area contributed by atoms with Crippen LogP contribution < -0.4 is 5.32 Å². The molecule has 1 N–H and O–H groups in total. The first-order valence-corrected chi connectivity index (χ1v) is 7.15. The van der Waals surface area contributed by atoms with Gasteiger partial charge in [-0.2, -0.15) is 0 Å². The van der Waals surface area contributed by atoms with Crippen LogP contribution in [-0.4, -0.2) is 49.8 Å². The smallest absolute Gasteiger partial charge is 0.0620 e. The van der Waals surface area contributed by atoms with Crippen LogP contribution in [0.15, 0.2) is 0 Å². The third-order valence-corrected chi connectivity index (χ3v) is 4.54. The standard InChI is InChI=1S/C14H28N2O/c1-12(2)13(10-17-3)16-9-8-15-14(11-16)6-4-5-7-14/h12-13,15H,4-11H2,1-3H3. The van der Waals surface area contributed by atoms with Crippen molar-refractivity contribution in [2.45, 2.75) is 51.1 Å². The molecule has 17 heavy (non-hydrogen) atoms. The third-order valence-electron chi connectivity index (χ3n) is 4.54. The van der Waals surface area contributed by atoms with E-state index in [4.69, 9.17) is 4.74 Å². The number of nitrogens with one attached hydrogen (secondary N) is 1. The van der Waals surface area contributed by atoms with Gasteiger partial charge in [0.25, 0.3) is 0 Å². The van der Waals surface area contributed by atoms with Crippen LogP contribution in [0.3, 0.4) is 0 Å². The highest BCUT2D eigenvalue weighted by molar-refractivity contribution is 4.99. The van der Waals surface area contributed by atoms with Gasteiger partial charge in [-0.25, -0.2) is 0 Å². The van der Waals surface area contributed by atoms with Gasteiger partial charge in [-0.15, -0.1) is 0 Å². The number of rotatable bonds is 4. The summed E-state index contributed by atoms with van der Waals surface area (Å²) in [6.45, 7) is 9.04. The van der Waals surface area contributed by atoms with Crippen molar-refractivity contribution in [1.29, 1.82) is 0 Å². The molecule has 1 saturated heterocycles. The Kier molecular flexibility index (Phi) is 4.45. The van der Waals surface area contributed by atoms with Gasteiger partial charge in [-0.05, 0) is 18.8 Å². The molecule has 3 heteroatoms. The molecule has 1 heterocycles. The van der Waals surface area contributed by atoms with Crippen molar-refractivity contribution in [3.05, 3.63) is 0 Å². The van der Waals surface area contributed by atoms with Crippen molar-refractivity contribution >= 4 is 0 Å². The van der Waals surface area contributed by atoms with Crippen LogP contribution in [0.1, 0.15) is 39.5 Å². The largest absolute Gasteiger partial charge is 0.383 e. The van der Waals surface area contributed by atoms with E-state index < -0.39 is 0 Å². The van der Waals surface area contributed by atoms with E-state index in [-0.39, 0.29) is 0 Å². The fourth-order valence-corrected chi connectivity index (χ4v) is 3.55. The number of hydrogen-bond donors (Lipinski definition) is 1. The first-order chi connectivity index (χ1) is 8.17. The zero-order chi connectivity index (χ0) is 12.3. The molecule has 1 aliphatic carbocycles. The lowest BCUT2D eigenvalue weighted by Gasteiger charge is -2.45. The van der Waals surface area contributed by atoms with Crippen LogP contribution in [0.5, 0.6) is 0 Å². The Labute approximate surface area is 106 Å². The Morgan fingerprint density at radius 2 is 2.00 bits per heavy atom. The lowest BCUT2D eigenvalue weighted by molar-refractivity contribution is 0.0255. The topological polar surface area (TPSA) is 24.5 Å². The fraction of sp³-hybridized carbons (Fsp3) is 1.00. The minimum absolute atomic E-state index is 0.430. The molecule has 0 bridgehead atoms. The average molecular weight is 240 g/mol. The van der Waals surface area contributed by atoms with E-state index in [1.807, 2.05) is 7.11 Å². The maximum Gasteiger partial charge on any atom is 0.0620 e. The van der Waals surface area contributed by atoms with Crippen molar-refractivity contribution in [1.82, 2.24) is 10.2 Å². The van der Waals surface area contributed by atoms with Crippen LogP contribution in [0.25, 0.3) is 0 Å². The lowest BCUT2D eigenvalue weighted by Crippen LogP contribution is -2.62. The van der Waals surface area contributed by atoms with Crippen molar-refractivity contribution < 1.29 is 4.74 Å². The van der Waals surface area contributed by atoms with E-state index in [9.17, 15) is 0 Å². The summed E-state index contributed by atoms with van der Waals surface area (Å²) in [5, 5.41) is 3.78. The summed E-state index contributed by atoms with van der Waals surface area (Å²) in [7, 11) is 1.82. The molecule has 0 amide bonds. The summed E-state index contributed by atoms with van der Waals surface area (Å²) in [6, 6.07) is 0.583. The molecule has 0 radical (unpaired) electrons. The highest BCUT2D eigenvalue weighted by Crippen LogP contribution is 2.33. The molecule has 1 saturated carbocycles. The molecule has 3 nitrogen and oxygen atoms in total.